The van der Waals surface area contributed by atoms with E-state index in [1.165, 1.54) is 12.3 Å². The summed E-state index contributed by atoms with van der Waals surface area (Å²) in [6.45, 7) is 4.49. The van der Waals surface area contributed by atoms with Gasteiger partial charge in [0, 0.05) is 18.7 Å². The number of aliphatic hydroxyl groups is 1. The molecule has 0 saturated carbocycles. The van der Waals surface area contributed by atoms with Gasteiger partial charge in [-0.1, -0.05) is 26.0 Å². The number of halogens is 1. The van der Waals surface area contributed by atoms with Gasteiger partial charge in [-0.25, -0.2) is 9.37 Å². The van der Waals surface area contributed by atoms with E-state index in [9.17, 15) is 9.18 Å². The zero-order valence-corrected chi connectivity index (χ0v) is 13.4. The van der Waals surface area contributed by atoms with Gasteiger partial charge in [-0.15, -0.1) is 11.3 Å². The summed E-state index contributed by atoms with van der Waals surface area (Å²) in [7, 11) is 0. The molecule has 0 aliphatic heterocycles. The number of nitrogens with one attached hydrogen (secondary N) is 1. The summed E-state index contributed by atoms with van der Waals surface area (Å²) in [6, 6.07) is 6.36. The molecule has 0 saturated heterocycles. The number of amides is 1. The maximum absolute atomic E-state index is 13.7. The molecule has 0 aliphatic rings. The van der Waals surface area contributed by atoms with Gasteiger partial charge >= 0.3 is 0 Å². The predicted octanol–water partition coefficient (Wildman–Crippen LogP) is 3.09. The molecule has 2 aromatic rings. The van der Waals surface area contributed by atoms with Crippen molar-refractivity contribution in [1.82, 2.24) is 10.3 Å². The SMILES string of the molecule is CC(C)(CCO)CNC(=O)c1cnc(-c2ccccc2F)s1. The minimum absolute atomic E-state index is 0.0842. The summed E-state index contributed by atoms with van der Waals surface area (Å²) in [4.78, 5) is 16.7. The summed E-state index contributed by atoms with van der Waals surface area (Å²) in [5.74, 6) is -0.584. The number of aromatic nitrogens is 1. The number of nitrogens with zero attached hydrogens (tertiary/aromatic N) is 1. The van der Waals surface area contributed by atoms with Crippen LogP contribution in [-0.2, 0) is 0 Å². The van der Waals surface area contributed by atoms with Crippen LogP contribution in [0.4, 0.5) is 4.39 Å². The monoisotopic (exact) mass is 322 g/mol. The number of carbonyl (C=O) groups is 1. The van der Waals surface area contributed by atoms with Gasteiger partial charge in [0.05, 0.1) is 6.20 Å². The molecule has 2 N–H and O–H groups in total. The molecule has 1 aromatic carbocycles. The molecular formula is C16H19FN2O2S. The third-order valence-corrected chi connectivity index (χ3v) is 4.38. The lowest BCUT2D eigenvalue weighted by Gasteiger charge is -2.23. The van der Waals surface area contributed by atoms with Crippen LogP contribution in [0.1, 0.15) is 29.9 Å². The maximum atomic E-state index is 13.7. The molecule has 118 valence electrons. The smallest absolute Gasteiger partial charge is 0.263 e. The fourth-order valence-electron chi connectivity index (χ4n) is 1.94. The maximum Gasteiger partial charge on any atom is 0.263 e. The van der Waals surface area contributed by atoms with E-state index in [4.69, 9.17) is 5.11 Å². The standard InChI is InChI=1S/C16H19FN2O2S/c1-16(2,7-8-20)10-19-14(21)13-9-18-15(22-13)11-5-3-4-6-12(11)17/h3-6,9,20H,7-8,10H2,1-2H3,(H,19,21). The molecule has 0 fully saturated rings. The Kier molecular flexibility index (Phi) is 5.26. The van der Waals surface area contributed by atoms with Gasteiger partial charge in [0.2, 0.25) is 0 Å². The molecular weight excluding hydrogens is 303 g/mol. The van der Waals surface area contributed by atoms with Crippen LogP contribution in [0.3, 0.4) is 0 Å². The molecule has 0 aliphatic carbocycles. The van der Waals surface area contributed by atoms with Gasteiger partial charge < -0.3 is 10.4 Å². The number of carbonyl (C=O) groups excluding carboxylic acids is 1. The van der Waals surface area contributed by atoms with Gasteiger partial charge in [-0.3, -0.25) is 4.79 Å². The molecule has 4 nitrogen and oxygen atoms in total. The summed E-state index contributed by atoms with van der Waals surface area (Å²) in [5.41, 5.74) is 0.218. The van der Waals surface area contributed by atoms with Gasteiger partial charge in [0.1, 0.15) is 15.7 Å². The van der Waals surface area contributed by atoms with E-state index in [-0.39, 0.29) is 23.7 Å². The van der Waals surface area contributed by atoms with Crippen molar-refractivity contribution < 1.29 is 14.3 Å². The summed E-state index contributed by atoms with van der Waals surface area (Å²) in [6.07, 6.45) is 2.07. The Morgan fingerprint density at radius 2 is 2.14 bits per heavy atom. The average molecular weight is 322 g/mol. The Labute approximate surface area is 133 Å². The zero-order chi connectivity index (χ0) is 16.2. The van der Waals surface area contributed by atoms with Crippen LogP contribution in [0.25, 0.3) is 10.6 Å². The van der Waals surface area contributed by atoms with Crippen molar-refractivity contribution in [3.63, 3.8) is 0 Å². The minimum atomic E-state index is -0.354. The number of hydrogen-bond donors (Lipinski definition) is 2. The summed E-state index contributed by atoms with van der Waals surface area (Å²) < 4.78 is 13.7. The second-order valence-electron chi connectivity index (χ2n) is 5.83. The van der Waals surface area contributed by atoms with Crippen LogP contribution in [0.15, 0.2) is 30.5 Å². The Morgan fingerprint density at radius 3 is 2.82 bits per heavy atom. The number of aliphatic hydroxyl groups excluding tert-OH is 1. The number of hydrogen-bond acceptors (Lipinski definition) is 4. The molecule has 2 rings (SSSR count). The Hall–Kier alpha value is -1.79. The van der Waals surface area contributed by atoms with Gasteiger partial charge in [-0.05, 0) is 24.0 Å². The van der Waals surface area contributed by atoms with Crippen molar-refractivity contribution in [2.45, 2.75) is 20.3 Å². The summed E-state index contributed by atoms with van der Waals surface area (Å²) in [5, 5.41) is 12.3. The predicted molar refractivity (Wildman–Crippen MR) is 85.3 cm³/mol. The Bertz CT molecular complexity index is 655. The highest BCUT2D eigenvalue weighted by Crippen LogP contribution is 2.27. The first-order chi connectivity index (χ1) is 10.4. The molecule has 0 spiro atoms. The second-order valence-corrected chi connectivity index (χ2v) is 6.86. The third kappa shape index (κ3) is 4.11. The molecule has 6 heteroatoms. The highest BCUT2D eigenvalue weighted by atomic mass is 32.1. The lowest BCUT2D eigenvalue weighted by Crippen LogP contribution is -2.34. The van der Waals surface area contributed by atoms with E-state index in [1.54, 1.807) is 18.2 Å². The van der Waals surface area contributed by atoms with Crippen molar-refractivity contribution in [3.8, 4) is 10.6 Å². The second kappa shape index (κ2) is 6.98. The van der Waals surface area contributed by atoms with Crippen LogP contribution >= 0.6 is 11.3 Å². The molecule has 0 radical (unpaired) electrons. The third-order valence-electron chi connectivity index (χ3n) is 3.35. The van der Waals surface area contributed by atoms with Crippen molar-refractivity contribution in [1.29, 1.82) is 0 Å². The van der Waals surface area contributed by atoms with Gasteiger partial charge in [0.25, 0.3) is 5.91 Å². The van der Waals surface area contributed by atoms with Crippen LogP contribution in [0, 0.1) is 11.2 Å². The van der Waals surface area contributed by atoms with Crippen molar-refractivity contribution in [2.24, 2.45) is 5.41 Å². The Balaban J connectivity index is 2.05. The summed E-state index contributed by atoms with van der Waals surface area (Å²) >= 11 is 1.16. The topological polar surface area (TPSA) is 62.2 Å². The number of benzene rings is 1. The van der Waals surface area contributed by atoms with Crippen molar-refractivity contribution in [2.75, 3.05) is 13.2 Å². The van der Waals surface area contributed by atoms with Crippen molar-refractivity contribution in [3.05, 3.63) is 41.2 Å². The average Bonchev–Trinajstić information content (AvgIpc) is 2.95. The highest BCUT2D eigenvalue weighted by molar-refractivity contribution is 7.16. The lowest BCUT2D eigenvalue weighted by atomic mass is 9.90. The molecule has 1 heterocycles. The quantitative estimate of drug-likeness (QED) is 0.859. The van der Waals surface area contributed by atoms with Crippen molar-refractivity contribution >= 4 is 17.2 Å². The van der Waals surface area contributed by atoms with Gasteiger partial charge in [0.15, 0.2) is 0 Å². The molecule has 1 aromatic heterocycles. The van der Waals surface area contributed by atoms with E-state index in [0.717, 1.165) is 11.3 Å². The van der Waals surface area contributed by atoms with E-state index in [0.29, 0.717) is 28.4 Å². The molecule has 0 atom stereocenters. The largest absolute Gasteiger partial charge is 0.396 e. The van der Waals surface area contributed by atoms with Crippen LogP contribution in [-0.4, -0.2) is 29.1 Å². The van der Waals surface area contributed by atoms with Crippen LogP contribution in [0.5, 0.6) is 0 Å². The molecule has 0 unspecified atom stereocenters. The van der Waals surface area contributed by atoms with E-state index < -0.39 is 0 Å². The Morgan fingerprint density at radius 1 is 1.41 bits per heavy atom. The first-order valence-corrected chi connectivity index (χ1v) is 7.84. The molecule has 0 bridgehead atoms. The number of thiazole rings is 1. The molecule has 22 heavy (non-hydrogen) atoms. The van der Waals surface area contributed by atoms with Gasteiger partial charge in [-0.2, -0.15) is 0 Å². The fraction of sp³-hybridized carbons (Fsp3) is 0.375. The van der Waals surface area contributed by atoms with E-state index in [1.807, 2.05) is 13.8 Å². The van der Waals surface area contributed by atoms with E-state index >= 15 is 0 Å². The normalized spacial score (nSPS) is 11.5. The van der Waals surface area contributed by atoms with Crippen LogP contribution in [0.2, 0.25) is 0 Å². The number of rotatable bonds is 6. The van der Waals surface area contributed by atoms with E-state index in [2.05, 4.69) is 10.3 Å². The van der Waals surface area contributed by atoms with Crippen LogP contribution < -0.4 is 5.32 Å². The minimum Gasteiger partial charge on any atom is -0.396 e. The first kappa shape index (κ1) is 16.6. The lowest BCUT2D eigenvalue weighted by molar-refractivity contribution is 0.0932. The fourth-order valence-corrected chi connectivity index (χ4v) is 2.80. The first-order valence-electron chi connectivity index (χ1n) is 7.03. The highest BCUT2D eigenvalue weighted by Gasteiger charge is 2.20. The molecule has 1 amide bonds. The zero-order valence-electron chi connectivity index (χ0n) is 12.6.